The third-order valence-corrected chi connectivity index (χ3v) is 10.9. The van der Waals surface area contributed by atoms with Gasteiger partial charge < -0.3 is 24.4 Å². The Hall–Kier alpha value is -3.73. The number of ether oxygens (including phenoxy) is 2. The molecule has 3 saturated heterocycles. The van der Waals surface area contributed by atoms with Gasteiger partial charge in [-0.1, -0.05) is 13.0 Å². The molecular weight excluding hydrogens is 604 g/mol. The molecule has 0 amide bonds. The highest BCUT2D eigenvalue weighted by atomic mass is 19.1. The van der Waals surface area contributed by atoms with E-state index in [1.165, 1.54) is 13.2 Å². The molecule has 5 heterocycles. The number of nitrogens with zero attached hydrogens (tertiary/aromatic N) is 5. The van der Waals surface area contributed by atoms with Gasteiger partial charge in [-0.3, -0.25) is 9.69 Å². The van der Waals surface area contributed by atoms with Crippen molar-refractivity contribution in [1.82, 2.24) is 14.9 Å². The van der Waals surface area contributed by atoms with Crippen molar-refractivity contribution in [3.05, 3.63) is 46.9 Å². The van der Waals surface area contributed by atoms with Crippen LogP contribution in [0.2, 0.25) is 0 Å². The Kier molecular flexibility index (Phi) is 8.84. The van der Waals surface area contributed by atoms with E-state index >= 15 is 4.39 Å². The van der Waals surface area contributed by atoms with Crippen LogP contribution in [0.15, 0.2) is 24.3 Å². The van der Waals surface area contributed by atoms with Gasteiger partial charge in [-0.05, 0) is 81.0 Å². The molecule has 1 N–H and O–H groups in total. The molecule has 2 atom stereocenters. The van der Waals surface area contributed by atoms with Crippen LogP contribution in [0.5, 0.6) is 11.8 Å². The lowest BCUT2D eigenvalue weighted by molar-refractivity contribution is -0.146. The molecule has 252 valence electrons. The smallest absolute Gasteiger partial charge is 0.318 e. The summed E-state index contributed by atoms with van der Waals surface area (Å²) >= 11 is 0. The van der Waals surface area contributed by atoms with E-state index in [-0.39, 0.29) is 29.0 Å². The average molecular weight is 650 g/mol. The van der Waals surface area contributed by atoms with Gasteiger partial charge in [-0.2, -0.15) is 9.97 Å². The zero-order chi connectivity index (χ0) is 32.7. The van der Waals surface area contributed by atoms with Gasteiger partial charge in [0.25, 0.3) is 0 Å². The minimum Gasteiger partial charge on any atom is -0.508 e. The highest BCUT2D eigenvalue weighted by molar-refractivity contribution is 5.98. The predicted molar refractivity (Wildman–Crippen MR) is 176 cm³/mol. The molecule has 47 heavy (non-hydrogen) atoms. The highest BCUT2D eigenvalue weighted by Gasteiger charge is 2.49. The van der Waals surface area contributed by atoms with E-state index in [1.807, 2.05) is 6.92 Å². The SMILES string of the molecule is CCc1c(F)ccc2cc(O)cc(N3CCc4c(nc(OC[C@@]56CCCN5C[C@H](F)C6)nc4N4CCCC(C(=O)OC)CCC4)C3)c12. The fraction of sp³-hybridized carbons (Fsp3) is 0.583. The Bertz CT molecular complexity index is 1650. The molecule has 3 aromatic rings. The summed E-state index contributed by atoms with van der Waals surface area (Å²) in [5.74, 6) is 0.523. The standard InChI is InChI=1S/C36H45F2N5O4/c1-3-27-29(38)10-9-24-17-26(44)18-31(32(24)27)42-16-11-28-30(21-42)39-35(47-22-36-12-6-15-43(36)20-25(37)19-36)40-33(28)41-13-4-7-23(8-5-14-41)34(45)46-2/h9-10,17-18,23,25,44H,3-8,11-16,19-22H2,1-2H3/t25-,36+/m1/s1. The predicted octanol–water partition coefficient (Wildman–Crippen LogP) is 5.72. The second-order valence-corrected chi connectivity index (χ2v) is 13.7. The van der Waals surface area contributed by atoms with Crippen LogP contribution in [0.1, 0.15) is 68.7 Å². The van der Waals surface area contributed by atoms with Gasteiger partial charge in [0, 0.05) is 55.3 Å². The van der Waals surface area contributed by atoms with Gasteiger partial charge in [0.1, 0.15) is 30.2 Å². The highest BCUT2D eigenvalue weighted by Crippen LogP contribution is 2.42. The van der Waals surface area contributed by atoms with Gasteiger partial charge in [-0.15, -0.1) is 0 Å². The molecule has 1 aromatic heterocycles. The Morgan fingerprint density at radius 3 is 2.66 bits per heavy atom. The molecule has 7 rings (SSSR count). The molecule has 0 spiro atoms. The number of anilines is 2. The van der Waals surface area contributed by atoms with Crippen LogP contribution in [0, 0.1) is 11.7 Å². The van der Waals surface area contributed by atoms with Crippen molar-refractivity contribution in [2.24, 2.45) is 5.92 Å². The first-order chi connectivity index (χ1) is 22.8. The quantitative estimate of drug-likeness (QED) is 0.323. The number of alkyl halides is 1. The first-order valence-electron chi connectivity index (χ1n) is 17.2. The summed E-state index contributed by atoms with van der Waals surface area (Å²) in [7, 11) is 1.45. The van der Waals surface area contributed by atoms with E-state index in [2.05, 4.69) is 14.7 Å². The van der Waals surface area contributed by atoms with E-state index in [0.29, 0.717) is 57.1 Å². The Balaban J connectivity index is 1.23. The van der Waals surface area contributed by atoms with Gasteiger partial charge in [0.05, 0.1) is 30.8 Å². The minimum absolute atomic E-state index is 0.0803. The number of rotatable bonds is 7. The molecule has 9 nitrogen and oxygen atoms in total. The zero-order valence-corrected chi connectivity index (χ0v) is 27.4. The number of phenolic OH excluding ortho intramolecular Hbond substituents is 1. The van der Waals surface area contributed by atoms with Gasteiger partial charge in [0.15, 0.2) is 0 Å². The number of esters is 1. The lowest BCUT2D eigenvalue weighted by Gasteiger charge is -2.36. The number of fused-ring (bicyclic) bond motifs is 3. The van der Waals surface area contributed by atoms with Crippen molar-refractivity contribution in [3.8, 4) is 11.8 Å². The number of hydrogen-bond donors (Lipinski definition) is 1. The number of carbonyl (C=O) groups excluding carboxylic acids is 1. The van der Waals surface area contributed by atoms with Crippen LogP contribution < -0.4 is 14.5 Å². The monoisotopic (exact) mass is 649 g/mol. The van der Waals surface area contributed by atoms with Gasteiger partial charge >= 0.3 is 12.0 Å². The maximum absolute atomic E-state index is 15.0. The first kappa shape index (κ1) is 31.8. The molecule has 11 heteroatoms. The molecule has 0 saturated carbocycles. The van der Waals surface area contributed by atoms with E-state index in [0.717, 1.165) is 91.7 Å². The van der Waals surface area contributed by atoms with Crippen molar-refractivity contribution < 1.29 is 28.2 Å². The van der Waals surface area contributed by atoms with E-state index in [9.17, 15) is 14.3 Å². The van der Waals surface area contributed by atoms with Gasteiger partial charge in [0.2, 0.25) is 0 Å². The van der Waals surface area contributed by atoms with E-state index in [1.54, 1.807) is 18.2 Å². The topological polar surface area (TPSA) is 91.3 Å². The molecular formula is C36H45F2N5O4. The van der Waals surface area contributed by atoms with Crippen LogP contribution in [0.3, 0.4) is 0 Å². The van der Waals surface area contributed by atoms with E-state index in [4.69, 9.17) is 19.4 Å². The average Bonchev–Trinajstić information content (AvgIpc) is 3.58. The van der Waals surface area contributed by atoms with Crippen molar-refractivity contribution in [2.75, 3.05) is 56.2 Å². The third-order valence-electron chi connectivity index (χ3n) is 10.9. The van der Waals surface area contributed by atoms with Crippen LogP contribution in [-0.2, 0) is 28.9 Å². The Morgan fingerprint density at radius 1 is 1.09 bits per heavy atom. The lowest BCUT2D eigenvalue weighted by atomic mass is 9.94. The number of methoxy groups -OCH3 is 1. The molecule has 0 unspecified atom stereocenters. The van der Waals surface area contributed by atoms with Crippen molar-refractivity contribution >= 4 is 28.2 Å². The summed E-state index contributed by atoms with van der Waals surface area (Å²) in [6.07, 6.45) is 5.92. The number of phenols is 1. The van der Waals surface area contributed by atoms with Gasteiger partial charge in [-0.25, -0.2) is 8.78 Å². The summed E-state index contributed by atoms with van der Waals surface area (Å²) in [5, 5.41) is 12.3. The number of aromatic hydroxyl groups is 1. The summed E-state index contributed by atoms with van der Waals surface area (Å²) in [6, 6.07) is 6.89. The molecule has 4 aliphatic rings. The fourth-order valence-corrected chi connectivity index (χ4v) is 8.57. The zero-order valence-electron chi connectivity index (χ0n) is 27.4. The van der Waals surface area contributed by atoms with E-state index < -0.39 is 6.17 Å². The fourth-order valence-electron chi connectivity index (χ4n) is 8.57. The molecule has 2 aromatic carbocycles. The molecule has 0 aliphatic carbocycles. The number of benzene rings is 2. The summed E-state index contributed by atoms with van der Waals surface area (Å²) in [5.41, 5.74) is 2.99. The molecule has 0 bridgehead atoms. The molecule has 0 radical (unpaired) electrons. The maximum atomic E-state index is 15.0. The second kappa shape index (κ2) is 13.1. The third kappa shape index (κ3) is 6.07. The Labute approximate surface area is 274 Å². The normalized spacial score (nSPS) is 23.8. The molecule has 4 aliphatic heterocycles. The molecule has 3 fully saturated rings. The van der Waals surface area contributed by atoms with Crippen molar-refractivity contribution in [2.45, 2.75) is 83.0 Å². The second-order valence-electron chi connectivity index (χ2n) is 13.7. The number of halogens is 2. The number of aromatic nitrogens is 2. The minimum atomic E-state index is -0.850. The number of aryl methyl sites for hydroxylation is 1. The first-order valence-corrected chi connectivity index (χ1v) is 17.2. The lowest BCUT2D eigenvalue weighted by Crippen LogP contribution is -2.43. The number of hydrogen-bond acceptors (Lipinski definition) is 9. The summed E-state index contributed by atoms with van der Waals surface area (Å²) < 4.78 is 41.0. The van der Waals surface area contributed by atoms with Crippen LogP contribution in [-0.4, -0.2) is 84.1 Å². The Morgan fingerprint density at radius 2 is 1.89 bits per heavy atom. The summed E-state index contributed by atoms with van der Waals surface area (Å²) in [6.45, 7) is 6.21. The largest absolute Gasteiger partial charge is 0.508 e. The van der Waals surface area contributed by atoms with Crippen LogP contribution in [0.4, 0.5) is 20.3 Å². The number of carbonyl (C=O) groups is 1. The van der Waals surface area contributed by atoms with Crippen molar-refractivity contribution in [3.63, 3.8) is 0 Å². The summed E-state index contributed by atoms with van der Waals surface area (Å²) in [4.78, 5) is 29.0. The maximum Gasteiger partial charge on any atom is 0.318 e. The van der Waals surface area contributed by atoms with Crippen LogP contribution >= 0.6 is 0 Å². The van der Waals surface area contributed by atoms with Crippen molar-refractivity contribution in [1.29, 1.82) is 0 Å². The van der Waals surface area contributed by atoms with Crippen LogP contribution in [0.25, 0.3) is 10.8 Å².